The molecule has 3 aromatic heterocycles. The van der Waals surface area contributed by atoms with Crippen molar-refractivity contribution in [3.63, 3.8) is 0 Å². The average Bonchev–Trinajstić information content (AvgIpc) is 3.52. The van der Waals surface area contributed by atoms with E-state index in [1.54, 1.807) is 12.4 Å². The third kappa shape index (κ3) is 5.29. The summed E-state index contributed by atoms with van der Waals surface area (Å²) in [6, 6.07) is 21.5. The van der Waals surface area contributed by atoms with Crippen molar-refractivity contribution in [1.29, 1.82) is 0 Å². The van der Waals surface area contributed by atoms with Gasteiger partial charge in [-0.15, -0.1) is 0 Å². The molecular weight excluding hydrogens is 655 g/mol. The first-order chi connectivity index (χ1) is 24.8. The quantitative estimate of drug-likeness (QED) is 0.185. The van der Waals surface area contributed by atoms with E-state index in [2.05, 4.69) is 141 Å². The highest BCUT2D eigenvalue weighted by atomic mass is 16.5. The lowest BCUT2D eigenvalue weighted by Gasteiger charge is -2.45. The molecule has 0 spiro atoms. The van der Waals surface area contributed by atoms with E-state index in [1.165, 1.54) is 38.9 Å². The monoisotopic (exact) mass is 705 g/mol. The summed E-state index contributed by atoms with van der Waals surface area (Å²) in [5, 5.41) is 0. The maximum absolute atomic E-state index is 7.07. The second-order valence-electron chi connectivity index (χ2n) is 18.1. The summed E-state index contributed by atoms with van der Waals surface area (Å²) >= 11 is 0. The first-order valence-electron chi connectivity index (χ1n) is 18.7. The zero-order chi connectivity index (χ0) is 37.9. The van der Waals surface area contributed by atoms with Crippen LogP contribution >= 0.6 is 0 Å². The van der Waals surface area contributed by atoms with Crippen LogP contribution in [0.3, 0.4) is 0 Å². The van der Waals surface area contributed by atoms with Crippen LogP contribution in [0.1, 0.15) is 113 Å². The van der Waals surface area contributed by atoms with E-state index < -0.39 is 11.1 Å². The molecule has 0 bridgehead atoms. The summed E-state index contributed by atoms with van der Waals surface area (Å²) in [6.07, 6.45) is 6.27. The molecule has 1 aliphatic carbocycles. The van der Waals surface area contributed by atoms with Gasteiger partial charge in [0, 0.05) is 47.3 Å². The number of ether oxygens (including phenoxy) is 2. The molecule has 7 nitrogen and oxygen atoms in total. The number of aryl methyl sites for hydroxylation is 3. The van der Waals surface area contributed by atoms with E-state index in [9.17, 15) is 0 Å². The second kappa shape index (κ2) is 11.5. The van der Waals surface area contributed by atoms with Gasteiger partial charge in [0.2, 0.25) is 11.8 Å². The van der Waals surface area contributed by atoms with Gasteiger partial charge in [-0.25, -0.2) is 15.0 Å². The molecule has 0 fully saturated rings. The number of pyridine rings is 3. The summed E-state index contributed by atoms with van der Waals surface area (Å²) in [6.45, 7) is 26.7. The number of rotatable bonds is 4. The Morgan fingerprint density at radius 1 is 0.755 bits per heavy atom. The molecule has 0 radical (unpaired) electrons. The molecule has 8 rings (SSSR count). The van der Waals surface area contributed by atoms with Crippen molar-refractivity contribution in [2.45, 2.75) is 111 Å². The smallest absolute Gasteiger partial charge is 0.220 e. The van der Waals surface area contributed by atoms with E-state index in [1.807, 2.05) is 18.3 Å². The molecule has 0 saturated carbocycles. The van der Waals surface area contributed by atoms with Crippen LogP contribution in [0.2, 0.25) is 0 Å². The summed E-state index contributed by atoms with van der Waals surface area (Å²) in [4.78, 5) is 22.3. The standard InChI is InChI=1S/C46H51N5O2/c1-27-13-14-36-35(19-27)44(10,11)40-37(51(36)38-23-32(16-18-47-38)42(4,5)6)24-33(26-49-40)52-39-22-30(15-17-48-39)41-50-45(12)34-21-29(3)28(2)20-31(34)25-46(45,53-41)43(7,8)9/h13-24,26H,25H2,1-12H3/t45-,46-/m1/s1. The summed E-state index contributed by atoms with van der Waals surface area (Å²) in [5.41, 5.74) is 10.9. The summed E-state index contributed by atoms with van der Waals surface area (Å²) in [5.74, 6) is 2.49. The van der Waals surface area contributed by atoms with E-state index >= 15 is 0 Å². The minimum absolute atomic E-state index is 0.0388. The molecule has 0 unspecified atom stereocenters. The topological polar surface area (TPSA) is 72.7 Å². The Kier molecular flexibility index (Phi) is 7.58. The van der Waals surface area contributed by atoms with Gasteiger partial charge >= 0.3 is 0 Å². The van der Waals surface area contributed by atoms with Gasteiger partial charge in [0.1, 0.15) is 22.7 Å². The van der Waals surface area contributed by atoms with Gasteiger partial charge in [-0.2, -0.15) is 0 Å². The van der Waals surface area contributed by atoms with Crippen molar-refractivity contribution >= 4 is 23.1 Å². The number of aromatic nitrogens is 3. The number of aliphatic imine (C=N–C) groups is 1. The zero-order valence-electron chi connectivity index (χ0n) is 33.3. The highest BCUT2D eigenvalue weighted by Gasteiger charge is 2.66. The van der Waals surface area contributed by atoms with E-state index in [4.69, 9.17) is 24.4 Å². The lowest BCUT2D eigenvalue weighted by molar-refractivity contribution is -0.0673. The fourth-order valence-corrected chi connectivity index (χ4v) is 8.80. The molecule has 0 N–H and O–H groups in total. The van der Waals surface area contributed by atoms with Crippen molar-refractivity contribution in [2.75, 3.05) is 4.90 Å². The third-order valence-electron chi connectivity index (χ3n) is 12.1. The lowest BCUT2D eigenvalue weighted by Crippen LogP contribution is -2.54. The van der Waals surface area contributed by atoms with Crippen molar-refractivity contribution in [1.82, 2.24) is 15.0 Å². The van der Waals surface area contributed by atoms with Crippen molar-refractivity contribution < 1.29 is 9.47 Å². The van der Waals surface area contributed by atoms with Gasteiger partial charge in [-0.1, -0.05) is 71.4 Å². The van der Waals surface area contributed by atoms with E-state index in [0.717, 1.165) is 34.9 Å². The molecule has 2 aliphatic heterocycles. The normalized spacial score (nSPS) is 21.3. The Balaban J connectivity index is 1.18. The van der Waals surface area contributed by atoms with E-state index in [0.29, 0.717) is 17.5 Å². The third-order valence-corrected chi connectivity index (χ3v) is 12.1. The molecule has 5 heterocycles. The molecular formula is C46H51N5O2. The van der Waals surface area contributed by atoms with Crippen molar-refractivity contribution in [2.24, 2.45) is 10.4 Å². The predicted molar refractivity (Wildman–Crippen MR) is 213 cm³/mol. The fourth-order valence-electron chi connectivity index (χ4n) is 8.80. The van der Waals surface area contributed by atoms with Crippen molar-refractivity contribution in [3.8, 4) is 11.6 Å². The Labute approximate surface area is 314 Å². The van der Waals surface area contributed by atoms with Gasteiger partial charge in [-0.05, 0) is 105 Å². The second-order valence-corrected chi connectivity index (χ2v) is 18.1. The van der Waals surface area contributed by atoms with Gasteiger partial charge in [-0.3, -0.25) is 9.88 Å². The van der Waals surface area contributed by atoms with Gasteiger partial charge in [0.05, 0.1) is 23.3 Å². The molecule has 3 aliphatic rings. The Morgan fingerprint density at radius 3 is 2.23 bits per heavy atom. The maximum atomic E-state index is 7.07. The predicted octanol–water partition coefficient (Wildman–Crippen LogP) is 11.0. The van der Waals surface area contributed by atoms with Crippen LogP contribution in [0.5, 0.6) is 11.6 Å². The number of anilines is 3. The van der Waals surface area contributed by atoms with Crippen LogP contribution in [-0.2, 0) is 27.5 Å². The highest BCUT2D eigenvalue weighted by molar-refractivity contribution is 5.97. The molecule has 0 saturated heterocycles. The minimum Gasteiger partial charge on any atom is -0.467 e. The van der Waals surface area contributed by atoms with Crippen LogP contribution in [0.25, 0.3) is 0 Å². The molecule has 272 valence electrons. The number of hydrogen-bond acceptors (Lipinski definition) is 7. The Hall–Kier alpha value is -5.04. The van der Waals surface area contributed by atoms with Crippen LogP contribution in [0.15, 0.2) is 84.2 Å². The molecule has 53 heavy (non-hydrogen) atoms. The first-order valence-corrected chi connectivity index (χ1v) is 18.7. The number of benzene rings is 2. The largest absolute Gasteiger partial charge is 0.467 e. The molecule has 5 aromatic rings. The van der Waals surface area contributed by atoms with Gasteiger partial charge < -0.3 is 9.47 Å². The average molecular weight is 706 g/mol. The van der Waals surface area contributed by atoms with E-state index in [-0.39, 0.29) is 16.2 Å². The van der Waals surface area contributed by atoms with Gasteiger partial charge in [0.15, 0.2) is 0 Å². The molecule has 2 aromatic carbocycles. The fraction of sp³-hybridized carbons (Fsp3) is 0.391. The Morgan fingerprint density at radius 2 is 1.49 bits per heavy atom. The number of hydrogen-bond donors (Lipinski definition) is 0. The minimum atomic E-state index is -0.537. The lowest BCUT2D eigenvalue weighted by atomic mass is 9.66. The molecule has 0 amide bonds. The Bertz CT molecular complexity index is 2350. The highest BCUT2D eigenvalue weighted by Crippen LogP contribution is 2.60. The summed E-state index contributed by atoms with van der Waals surface area (Å²) < 4.78 is 13.6. The van der Waals surface area contributed by atoms with Crippen molar-refractivity contribution in [3.05, 3.63) is 129 Å². The van der Waals surface area contributed by atoms with Crippen LogP contribution < -0.4 is 9.64 Å². The SMILES string of the molecule is Cc1ccc2c(c1)C(C)(C)c1ncc(Oc3cc(C4=N[C@]5(C)c6cc(C)c(C)cc6C[C@]5(C(C)(C)C)O4)ccn3)cc1N2c1cc(C(C)(C)C)ccn1. The van der Waals surface area contributed by atoms with Crippen LogP contribution in [-0.4, -0.2) is 26.5 Å². The zero-order valence-corrected chi connectivity index (χ0v) is 33.3. The number of fused-ring (bicyclic) bond motifs is 5. The first kappa shape index (κ1) is 35.0. The molecule has 2 atom stereocenters. The molecule has 7 heteroatoms. The van der Waals surface area contributed by atoms with Gasteiger partial charge in [0.25, 0.3) is 0 Å². The number of nitrogens with zero attached hydrogens (tertiary/aromatic N) is 5. The summed E-state index contributed by atoms with van der Waals surface area (Å²) in [7, 11) is 0. The van der Waals surface area contributed by atoms with Crippen LogP contribution in [0, 0.1) is 26.2 Å². The van der Waals surface area contributed by atoms with Crippen LogP contribution in [0.4, 0.5) is 17.2 Å². The maximum Gasteiger partial charge on any atom is 0.220 e.